The highest BCUT2D eigenvalue weighted by Crippen LogP contribution is 2.28. The summed E-state index contributed by atoms with van der Waals surface area (Å²) in [5.41, 5.74) is 1.12. The van der Waals surface area contributed by atoms with Gasteiger partial charge in [-0.1, -0.05) is 18.2 Å². The number of carbonyl (C=O) groups is 2. The maximum atomic E-state index is 12.9. The fourth-order valence-corrected chi connectivity index (χ4v) is 4.59. The molecule has 0 spiro atoms. The zero-order valence-electron chi connectivity index (χ0n) is 15.3. The van der Waals surface area contributed by atoms with Crippen molar-refractivity contribution in [3.63, 3.8) is 0 Å². The lowest BCUT2D eigenvalue weighted by Crippen LogP contribution is -2.42. The molecule has 0 aliphatic carbocycles. The molecule has 140 valence electrons. The molecule has 2 aromatic heterocycles. The number of carbonyl (C=O) groups excluding carboxylic acids is 2. The van der Waals surface area contributed by atoms with Crippen molar-refractivity contribution in [3.05, 3.63) is 53.5 Å². The Balaban J connectivity index is 1.53. The highest BCUT2D eigenvalue weighted by Gasteiger charge is 2.30. The molecule has 1 aliphatic rings. The molecule has 3 aromatic rings. The zero-order chi connectivity index (χ0) is 18.8. The van der Waals surface area contributed by atoms with Crippen molar-refractivity contribution >= 4 is 34.1 Å². The molecular weight excluding hydrogens is 360 g/mol. The summed E-state index contributed by atoms with van der Waals surface area (Å²) in [7, 11) is 0. The number of aromatic nitrogens is 1. The Morgan fingerprint density at radius 1 is 1.19 bits per heavy atom. The molecule has 1 atom stereocenters. The normalized spacial score (nSPS) is 17.2. The van der Waals surface area contributed by atoms with E-state index >= 15 is 0 Å². The van der Waals surface area contributed by atoms with Gasteiger partial charge >= 0.3 is 5.97 Å². The number of nitrogens with zero attached hydrogens (tertiary/aromatic N) is 2. The minimum absolute atomic E-state index is 0.00305. The van der Waals surface area contributed by atoms with Gasteiger partial charge in [0, 0.05) is 19.3 Å². The van der Waals surface area contributed by atoms with E-state index in [1.54, 1.807) is 4.90 Å². The number of ether oxygens (including phenoxy) is 1. The van der Waals surface area contributed by atoms with E-state index in [0.29, 0.717) is 24.6 Å². The van der Waals surface area contributed by atoms with Gasteiger partial charge in [0.25, 0.3) is 5.91 Å². The Kier molecular flexibility index (Phi) is 4.99. The van der Waals surface area contributed by atoms with Gasteiger partial charge < -0.3 is 14.2 Å². The smallest absolute Gasteiger partial charge is 0.310 e. The third-order valence-corrected chi connectivity index (χ3v) is 6.04. The lowest BCUT2D eigenvalue weighted by Gasteiger charge is -2.31. The van der Waals surface area contributed by atoms with Crippen LogP contribution in [0.5, 0.6) is 0 Å². The van der Waals surface area contributed by atoms with Crippen LogP contribution in [0, 0.1) is 5.92 Å². The lowest BCUT2D eigenvalue weighted by atomic mass is 9.98. The van der Waals surface area contributed by atoms with E-state index in [-0.39, 0.29) is 17.8 Å². The van der Waals surface area contributed by atoms with Crippen LogP contribution in [0.1, 0.15) is 29.4 Å². The number of rotatable bonds is 4. The van der Waals surface area contributed by atoms with Gasteiger partial charge in [-0.25, -0.2) is 0 Å². The molecule has 1 fully saturated rings. The van der Waals surface area contributed by atoms with E-state index < -0.39 is 0 Å². The van der Waals surface area contributed by atoms with Gasteiger partial charge in [-0.05, 0) is 49.4 Å². The van der Waals surface area contributed by atoms with Crippen molar-refractivity contribution < 1.29 is 14.3 Å². The molecule has 0 N–H and O–H groups in total. The van der Waals surface area contributed by atoms with Crippen molar-refractivity contribution in [1.29, 1.82) is 0 Å². The van der Waals surface area contributed by atoms with E-state index in [1.807, 2.05) is 37.4 Å². The third kappa shape index (κ3) is 3.49. The number of fused-ring (bicyclic) bond motifs is 1. The number of para-hydroxylation sites is 1. The first-order valence-electron chi connectivity index (χ1n) is 9.29. The van der Waals surface area contributed by atoms with E-state index in [4.69, 9.17) is 4.74 Å². The Bertz CT molecular complexity index is 975. The van der Waals surface area contributed by atoms with Crippen molar-refractivity contribution in [2.45, 2.75) is 19.8 Å². The largest absolute Gasteiger partial charge is 0.466 e. The van der Waals surface area contributed by atoms with Crippen LogP contribution in [0.15, 0.2) is 48.7 Å². The molecule has 4 rings (SSSR count). The lowest BCUT2D eigenvalue weighted by molar-refractivity contribution is -0.149. The predicted octanol–water partition coefficient (Wildman–Crippen LogP) is 4.11. The van der Waals surface area contributed by atoms with Gasteiger partial charge in [0.15, 0.2) is 0 Å². The predicted molar refractivity (Wildman–Crippen MR) is 106 cm³/mol. The number of benzene rings is 1. The topological polar surface area (TPSA) is 51.5 Å². The van der Waals surface area contributed by atoms with Gasteiger partial charge in [0.2, 0.25) is 0 Å². The highest BCUT2D eigenvalue weighted by atomic mass is 32.1. The molecule has 0 radical (unpaired) electrons. The van der Waals surface area contributed by atoms with Gasteiger partial charge in [-0.15, -0.1) is 11.3 Å². The third-order valence-electron chi connectivity index (χ3n) is 4.97. The summed E-state index contributed by atoms with van der Waals surface area (Å²) in [6.07, 6.45) is 3.64. The summed E-state index contributed by atoms with van der Waals surface area (Å²) >= 11 is 1.48. The first kappa shape index (κ1) is 17.8. The van der Waals surface area contributed by atoms with E-state index in [9.17, 15) is 9.59 Å². The molecule has 5 nitrogen and oxygen atoms in total. The molecule has 0 saturated carbocycles. The maximum Gasteiger partial charge on any atom is 0.310 e. The van der Waals surface area contributed by atoms with Crippen molar-refractivity contribution in [2.75, 3.05) is 19.7 Å². The fourth-order valence-electron chi connectivity index (χ4n) is 3.62. The molecule has 1 amide bonds. The van der Waals surface area contributed by atoms with Gasteiger partial charge in [0.05, 0.1) is 22.9 Å². The number of thiophene rings is 1. The number of esters is 1. The minimum Gasteiger partial charge on any atom is -0.466 e. The average Bonchev–Trinajstić information content (AvgIpc) is 3.34. The number of amides is 1. The molecule has 6 heteroatoms. The van der Waals surface area contributed by atoms with Crippen LogP contribution in [0.4, 0.5) is 0 Å². The molecule has 0 unspecified atom stereocenters. The highest BCUT2D eigenvalue weighted by molar-refractivity contribution is 7.16. The molecule has 27 heavy (non-hydrogen) atoms. The quantitative estimate of drug-likeness (QED) is 0.638. The van der Waals surface area contributed by atoms with Crippen molar-refractivity contribution in [2.24, 2.45) is 5.92 Å². The SMILES string of the molecule is CCOC(=O)[C@H]1CCCN(C(=O)c2ccc(-n3ccc4ccccc43)s2)C1. The van der Waals surface area contributed by atoms with Crippen LogP contribution in [-0.2, 0) is 9.53 Å². The monoisotopic (exact) mass is 382 g/mol. The van der Waals surface area contributed by atoms with Gasteiger partial charge in [-0.3, -0.25) is 9.59 Å². The molecule has 1 aliphatic heterocycles. The Hall–Kier alpha value is -2.60. The van der Waals surface area contributed by atoms with Crippen LogP contribution in [0.2, 0.25) is 0 Å². The second-order valence-electron chi connectivity index (χ2n) is 6.72. The molecule has 1 aromatic carbocycles. The molecule has 1 saturated heterocycles. The summed E-state index contributed by atoms with van der Waals surface area (Å²) in [5, 5.41) is 2.19. The Morgan fingerprint density at radius 3 is 2.89 bits per heavy atom. The van der Waals surface area contributed by atoms with Gasteiger partial charge in [0.1, 0.15) is 5.00 Å². The van der Waals surface area contributed by atoms with Crippen molar-refractivity contribution in [3.8, 4) is 5.00 Å². The first-order chi connectivity index (χ1) is 13.2. The maximum absolute atomic E-state index is 12.9. The van der Waals surface area contributed by atoms with Crippen LogP contribution >= 0.6 is 11.3 Å². The molecule has 0 bridgehead atoms. The fraction of sp³-hybridized carbons (Fsp3) is 0.333. The number of likely N-dealkylation sites (tertiary alicyclic amines) is 1. The average molecular weight is 382 g/mol. The summed E-state index contributed by atoms with van der Waals surface area (Å²) < 4.78 is 7.24. The Morgan fingerprint density at radius 2 is 2.04 bits per heavy atom. The van der Waals surface area contributed by atoms with E-state index in [0.717, 1.165) is 23.4 Å². The number of piperidine rings is 1. The molecular formula is C21H22N2O3S. The van der Waals surface area contributed by atoms with Crippen molar-refractivity contribution in [1.82, 2.24) is 9.47 Å². The number of hydrogen-bond acceptors (Lipinski definition) is 4. The second-order valence-corrected chi connectivity index (χ2v) is 7.79. The second kappa shape index (κ2) is 7.56. The van der Waals surface area contributed by atoms with Gasteiger partial charge in [-0.2, -0.15) is 0 Å². The molecule has 3 heterocycles. The summed E-state index contributed by atoms with van der Waals surface area (Å²) in [6, 6.07) is 14.1. The number of hydrogen-bond donors (Lipinski definition) is 0. The van der Waals surface area contributed by atoms with Crippen LogP contribution in [-0.4, -0.2) is 41.0 Å². The minimum atomic E-state index is -0.213. The standard InChI is InChI=1S/C21H22N2O3S/c1-2-26-21(25)16-7-5-12-22(14-16)20(24)18-9-10-19(27-18)23-13-11-15-6-3-4-8-17(15)23/h3-4,6,8-11,13,16H,2,5,7,12,14H2,1H3/t16-/m0/s1. The van der Waals surface area contributed by atoms with E-state index in [2.05, 4.69) is 22.8 Å². The Labute approximate surface area is 162 Å². The summed E-state index contributed by atoms with van der Waals surface area (Å²) in [5.74, 6) is -0.409. The van der Waals surface area contributed by atoms with Crippen LogP contribution in [0.25, 0.3) is 15.9 Å². The van der Waals surface area contributed by atoms with Crippen LogP contribution < -0.4 is 0 Å². The van der Waals surface area contributed by atoms with Crippen LogP contribution in [0.3, 0.4) is 0 Å². The first-order valence-corrected chi connectivity index (χ1v) is 10.1. The zero-order valence-corrected chi connectivity index (χ0v) is 16.1. The van der Waals surface area contributed by atoms with E-state index in [1.165, 1.54) is 16.7 Å². The summed E-state index contributed by atoms with van der Waals surface area (Å²) in [4.78, 5) is 27.5. The summed E-state index contributed by atoms with van der Waals surface area (Å²) in [6.45, 7) is 3.32.